The number of aromatic nitrogens is 1. The molecular weight excluding hydrogens is 379 g/mol. The third kappa shape index (κ3) is 3.83. The number of benzene rings is 2. The summed E-state index contributed by atoms with van der Waals surface area (Å²) in [6, 6.07) is 14.1. The number of amides is 1. The van der Waals surface area contributed by atoms with Gasteiger partial charge in [-0.15, -0.1) is 11.3 Å². The first-order valence-electron chi connectivity index (χ1n) is 6.86. The molecule has 0 unspecified atom stereocenters. The summed E-state index contributed by atoms with van der Waals surface area (Å²) in [6.45, 7) is 0.258. The van der Waals surface area contributed by atoms with Crippen LogP contribution in [-0.2, 0) is 6.54 Å². The van der Waals surface area contributed by atoms with Crippen LogP contribution in [0.1, 0.15) is 16.1 Å². The highest BCUT2D eigenvalue weighted by Crippen LogP contribution is 2.23. The van der Waals surface area contributed by atoms with Gasteiger partial charge in [0.05, 0.1) is 17.8 Å². The molecule has 1 N–H and O–H groups in total. The Kier molecular flexibility index (Phi) is 4.83. The molecule has 23 heavy (non-hydrogen) atoms. The van der Waals surface area contributed by atoms with Gasteiger partial charge >= 0.3 is 0 Å². The van der Waals surface area contributed by atoms with E-state index < -0.39 is 11.7 Å². The van der Waals surface area contributed by atoms with Gasteiger partial charge in [0.2, 0.25) is 0 Å². The van der Waals surface area contributed by atoms with Gasteiger partial charge in [-0.1, -0.05) is 46.3 Å². The minimum atomic E-state index is -0.547. The Hall–Kier alpha value is -2.05. The first-order valence-corrected chi connectivity index (χ1v) is 8.54. The normalized spacial score (nSPS) is 10.5. The molecule has 6 heteroatoms. The van der Waals surface area contributed by atoms with Crippen molar-refractivity contribution in [1.29, 1.82) is 0 Å². The van der Waals surface area contributed by atoms with E-state index in [0.717, 1.165) is 16.3 Å². The van der Waals surface area contributed by atoms with E-state index in [-0.39, 0.29) is 12.1 Å². The molecule has 3 aromatic rings. The number of halogens is 2. The highest BCUT2D eigenvalue weighted by atomic mass is 79.9. The molecule has 0 aliphatic heterocycles. The van der Waals surface area contributed by atoms with Crippen molar-refractivity contribution in [2.75, 3.05) is 0 Å². The highest BCUT2D eigenvalue weighted by molar-refractivity contribution is 9.10. The zero-order valence-electron chi connectivity index (χ0n) is 11.9. The second kappa shape index (κ2) is 7.02. The van der Waals surface area contributed by atoms with Crippen LogP contribution in [0.5, 0.6) is 0 Å². The van der Waals surface area contributed by atoms with Gasteiger partial charge in [0.25, 0.3) is 5.91 Å². The van der Waals surface area contributed by atoms with Gasteiger partial charge in [-0.25, -0.2) is 9.37 Å². The van der Waals surface area contributed by atoms with Crippen molar-refractivity contribution in [3.8, 4) is 10.6 Å². The minimum absolute atomic E-state index is 0.0119. The summed E-state index contributed by atoms with van der Waals surface area (Å²) in [5.74, 6) is -1.01. The zero-order chi connectivity index (χ0) is 16.2. The summed E-state index contributed by atoms with van der Waals surface area (Å²) in [4.78, 5) is 16.6. The van der Waals surface area contributed by atoms with Crippen molar-refractivity contribution >= 4 is 33.2 Å². The van der Waals surface area contributed by atoms with Crippen LogP contribution in [0.2, 0.25) is 0 Å². The van der Waals surface area contributed by atoms with Gasteiger partial charge in [0.1, 0.15) is 10.8 Å². The van der Waals surface area contributed by atoms with Crippen molar-refractivity contribution in [3.63, 3.8) is 0 Å². The number of thiazole rings is 1. The summed E-state index contributed by atoms with van der Waals surface area (Å²) in [7, 11) is 0. The van der Waals surface area contributed by atoms with Crippen LogP contribution < -0.4 is 5.32 Å². The average molecular weight is 391 g/mol. The van der Waals surface area contributed by atoms with Gasteiger partial charge in [0.15, 0.2) is 0 Å². The molecule has 1 heterocycles. The van der Waals surface area contributed by atoms with Crippen LogP contribution in [0, 0.1) is 5.82 Å². The summed E-state index contributed by atoms with van der Waals surface area (Å²) >= 11 is 4.74. The Morgan fingerprint density at radius 2 is 2.00 bits per heavy atom. The van der Waals surface area contributed by atoms with Gasteiger partial charge < -0.3 is 5.32 Å². The Morgan fingerprint density at radius 3 is 2.78 bits per heavy atom. The van der Waals surface area contributed by atoms with Gasteiger partial charge in [-0.2, -0.15) is 0 Å². The molecule has 2 aromatic carbocycles. The third-order valence-electron chi connectivity index (χ3n) is 3.18. The third-order valence-corrected chi connectivity index (χ3v) is 4.61. The summed E-state index contributed by atoms with van der Waals surface area (Å²) in [5.41, 5.74) is 1.80. The van der Waals surface area contributed by atoms with Crippen molar-refractivity contribution in [2.24, 2.45) is 0 Å². The SMILES string of the molecule is O=C(NCc1csc(-c2ccccc2)n1)c1cc(Br)ccc1F. The lowest BCUT2D eigenvalue weighted by molar-refractivity contribution is 0.0946. The minimum Gasteiger partial charge on any atom is -0.346 e. The number of carbonyl (C=O) groups is 1. The number of nitrogens with zero attached hydrogens (tertiary/aromatic N) is 1. The number of nitrogens with one attached hydrogen (secondary N) is 1. The van der Waals surface area contributed by atoms with E-state index in [1.165, 1.54) is 23.5 Å². The lowest BCUT2D eigenvalue weighted by Crippen LogP contribution is -2.24. The summed E-state index contributed by atoms with van der Waals surface area (Å²) in [5, 5.41) is 5.47. The van der Waals surface area contributed by atoms with Crippen LogP contribution in [0.3, 0.4) is 0 Å². The van der Waals surface area contributed by atoms with E-state index in [4.69, 9.17) is 0 Å². The zero-order valence-corrected chi connectivity index (χ0v) is 14.3. The Bertz CT molecular complexity index is 836. The maximum Gasteiger partial charge on any atom is 0.254 e. The number of hydrogen-bond acceptors (Lipinski definition) is 3. The van der Waals surface area contributed by atoms with Crippen molar-refractivity contribution in [2.45, 2.75) is 6.54 Å². The molecule has 0 fully saturated rings. The first kappa shape index (κ1) is 15.8. The van der Waals surface area contributed by atoms with Gasteiger partial charge in [-0.3, -0.25) is 4.79 Å². The van der Waals surface area contributed by atoms with E-state index in [2.05, 4.69) is 26.2 Å². The predicted octanol–water partition coefficient (Wildman–Crippen LogP) is 4.64. The van der Waals surface area contributed by atoms with Crippen molar-refractivity contribution < 1.29 is 9.18 Å². The van der Waals surface area contributed by atoms with Crippen LogP contribution in [0.15, 0.2) is 58.4 Å². The van der Waals surface area contributed by atoms with E-state index in [1.807, 2.05) is 35.7 Å². The molecule has 0 bridgehead atoms. The fourth-order valence-electron chi connectivity index (χ4n) is 2.04. The fraction of sp³-hybridized carbons (Fsp3) is 0.0588. The predicted molar refractivity (Wildman–Crippen MR) is 92.8 cm³/mol. The Labute approximate surface area is 145 Å². The maximum absolute atomic E-state index is 13.7. The van der Waals surface area contributed by atoms with Gasteiger partial charge in [0, 0.05) is 15.4 Å². The van der Waals surface area contributed by atoms with E-state index in [1.54, 1.807) is 6.07 Å². The molecule has 0 radical (unpaired) electrons. The maximum atomic E-state index is 13.7. The largest absolute Gasteiger partial charge is 0.346 e. The molecule has 0 saturated carbocycles. The average Bonchev–Trinajstić information content (AvgIpc) is 3.05. The standard InChI is InChI=1S/C17H12BrFN2OS/c18-12-6-7-15(19)14(8-12)16(22)20-9-13-10-23-17(21-13)11-4-2-1-3-5-11/h1-8,10H,9H2,(H,20,22). The van der Waals surface area contributed by atoms with E-state index in [9.17, 15) is 9.18 Å². The molecule has 1 aromatic heterocycles. The molecule has 116 valence electrons. The molecule has 1 amide bonds. The first-order chi connectivity index (χ1) is 11.1. The van der Waals surface area contributed by atoms with Crippen LogP contribution in [0.25, 0.3) is 10.6 Å². The molecule has 3 nitrogen and oxygen atoms in total. The van der Waals surface area contributed by atoms with Crippen LogP contribution in [0.4, 0.5) is 4.39 Å². The molecular formula is C17H12BrFN2OS. The van der Waals surface area contributed by atoms with Crippen molar-refractivity contribution in [1.82, 2.24) is 10.3 Å². The number of carbonyl (C=O) groups excluding carboxylic acids is 1. The van der Waals surface area contributed by atoms with E-state index in [0.29, 0.717) is 4.47 Å². The molecule has 0 aliphatic carbocycles. The monoisotopic (exact) mass is 390 g/mol. The molecule has 0 saturated heterocycles. The molecule has 3 rings (SSSR count). The number of rotatable bonds is 4. The van der Waals surface area contributed by atoms with Crippen LogP contribution in [-0.4, -0.2) is 10.9 Å². The Balaban J connectivity index is 1.68. The Morgan fingerprint density at radius 1 is 1.22 bits per heavy atom. The summed E-state index contributed by atoms with van der Waals surface area (Å²) in [6.07, 6.45) is 0. The molecule has 0 atom stereocenters. The lowest BCUT2D eigenvalue weighted by atomic mass is 10.2. The highest BCUT2D eigenvalue weighted by Gasteiger charge is 2.12. The molecule has 0 spiro atoms. The van der Waals surface area contributed by atoms with Crippen molar-refractivity contribution in [3.05, 3.63) is 75.5 Å². The topological polar surface area (TPSA) is 42.0 Å². The van der Waals surface area contributed by atoms with Gasteiger partial charge in [-0.05, 0) is 18.2 Å². The quantitative estimate of drug-likeness (QED) is 0.704. The molecule has 0 aliphatic rings. The smallest absolute Gasteiger partial charge is 0.254 e. The fourth-order valence-corrected chi connectivity index (χ4v) is 3.23. The summed E-state index contributed by atoms with van der Waals surface area (Å²) < 4.78 is 14.3. The van der Waals surface area contributed by atoms with E-state index >= 15 is 0 Å². The van der Waals surface area contributed by atoms with Crippen LogP contribution >= 0.6 is 27.3 Å². The lowest BCUT2D eigenvalue weighted by Gasteiger charge is -2.05. The number of hydrogen-bond donors (Lipinski definition) is 1. The second-order valence-electron chi connectivity index (χ2n) is 4.82. The second-order valence-corrected chi connectivity index (χ2v) is 6.59.